The number of benzene rings is 1. The van der Waals surface area contributed by atoms with Crippen LogP contribution >= 0.6 is 0 Å². The Morgan fingerprint density at radius 2 is 1.95 bits per heavy atom. The molecular formula is C33H37N3O6. The van der Waals surface area contributed by atoms with Crippen molar-refractivity contribution in [2.24, 2.45) is 11.3 Å². The second-order valence-corrected chi connectivity index (χ2v) is 12.3. The SMILES string of the molecule is CCC(C)[C@@H]1C2=C(C(=O)N1C)[C@@H](c1c(OC)ccc(-c3ccc(N)c(C(=O)O)n3)c1C)C1=C(CC3(CCC3)CC1=O)O2. The lowest BCUT2D eigenvalue weighted by Crippen LogP contribution is -2.40. The first kappa shape index (κ1) is 28.0. The summed E-state index contributed by atoms with van der Waals surface area (Å²) in [7, 11) is 3.38. The molecule has 1 fully saturated rings. The third kappa shape index (κ3) is 4.04. The van der Waals surface area contributed by atoms with E-state index in [1.54, 1.807) is 31.2 Å². The number of nitrogen functional groups attached to an aromatic ring is 1. The smallest absolute Gasteiger partial charge is 0.356 e. The molecule has 0 radical (unpaired) electrons. The first-order valence-electron chi connectivity index (χ1n) is 14.6. The molecule has 2 aliphatic heterocycles. The average molecular weight is 572 g/mol. The molecular weight excluding hydrogens is 534 g/mol. The predicted molar refractivity (Wildman–Crippen MR) is 157 cm³/mol. The van der Waals surface area contributed by atoms with Crippen LogP contribution in [0.2, 0.25) is 0 Å². The van der Waals surface area contributed by atoms with Crippen LogP contribution in [0.4, 0.5) is 5.69 Å². The molecule has 9 heteroatoms. The largest absolute Gasteiger partial charge is 0.496 e. The highest BCUT2D eigenvalue weighted by molar-refractivity contribution is 6.07. The number of nitrogens with two attached hydrogens (primary N) is 1. The number of amides is 1. The third-order valence-corrected chi connectivity index (χ3v) is 9.97. The zero-order valence-corrected chi connectivity index (χ0v) is 24.7. The highest BCUT2D eigenvalue weighted by Crippen LogP contribution is 2.59. The van der Waals surface area contributed by atoms with E-state index in [2.05, 4.69) is 18.8 Å². The van der Waals surface area contributed by atoms with Crippen LogP contribution in [0.15, 0.2) is 46.9 Å². The molecule has 0 bridgehead atoms. The van der Waals surface area contributed by atoms with Gasteiger partial charge in [0.1, 0.15) is 17.3 Å². The van der Waals surface area contributed by atoms with Crippen LogP contribution in [-0.4, -0.2) is 52.8 Å². The number of allylic oxidation sites excluding steroid dienone is 2. The van der Waals surface area contributed by atoms with E-state index in [9.17, 15) is 19.5 Å². The molecule has 9 nitrogen and oxygen atoms in total. The van der Waals surface area contributed by atoms with E-state index in [1.807, 2.05) is 13.0 Å². The standard InChI is InChI=1S/C33H37N3O6/c1-6-16(2)29-30-27(31(38)36(29)4)26(25-21(37)14-33(12-7-13-33)15-23(25)42-30)24-17(3)18(8-11-22(24)41-5)20-10-9-19(34)28(35-20)32(39)40/h8-11,16,26,29H,6-7,12-15,34H2,1-5H3,(H,39,40)/t16?,26-,29+/m0/s1. The topological polar surface area (TPSA) is 132 Å². The number of Topliss-reactive ketones (excluding diaryl/α,β-unsaturated/α-hetero) is 1. The van der Waals surface area contributed by atoms with Gasteiger partial charge in [-0.25, -0.2) is 9.78 Å². The number of rotatable bonds is 6. The first-order chi connectivity index (χ1) is 20.0. The molecule has 1 aromatic carbocycles. The number of carboxylic acids is 1. The van der Waals surface area contributed by atoms with Gasteiger partial charge in [-0.1, -0.05) is 26.7 Å². The Balaban J connectivity index is 1.61. The molecule has 1 spiro atoms. The lowest BCUT2D eigenvalue weighted by molar-refractivity contribution is -0.126. The maximum atomic E-state index is 14.1. The van der Waals surface area contributed by atoms with Gasteiger partial charge in [0.2, 0.25) is 0 Å². The molecule has 1 aromatic heterocycles. The highest BCUT2D eigenvalue weighted by Gasteiger charge is 2.55. The van der Waals surface area contributed by atoms with Crippen molar-refractivity contribution >= 4 is 23.3 Å². The average Bonchev–Trinajstić information content (AvgIpc) is 3.19. The highest BCUT2D eigenvalue weighted by atomic mass is 16.5. The Morgan fingerprint density at radius 1 is 1.21 bits per heavy atom. The fraction of sp³-hybridized carbons (Fsp3) is 0.455. The van der Waals surface area contributed by atoms with Crippen molar-refractivity contribution in [1.29, 1.82) is 0 Å². The minimum absolute atomic E-state index is 0.0144. The van der Waals surface area contributed by atoms with E-state index in [0.717, 1.165) is 31.2 Å². The quantitative estimate of drug-likeness (QED) is 0.472. The first-order valence-corrected chi connectivity index (χ1v) is 14.6. The van der Waals surface area contributed by atoms with Gasteiger partial charge in [0, 0.05) is 36.6 Å². The Bertz CT molecular complexity index is 1600. The number of aromatic carboxylic acids is 1. The summed E-state index contributed by atoms with van der Waals surface area (Å²) in [5.41, 5.74) is 9.20. The van der Waals surface area contributed by atoms with Gasteiger partial charge >= 0.3 is 5.97 Å². The Kier molecular flexibility index (Phi) is 6.66. The van der Waals surface area contributed by atoms with Crippen LogP contribution in [0.1, 0.15) is 79.9 Å². The fourth-order valence-corrected chi connectivity index (χ4v) is 7.41. The van der Waals surface area contributed by atoms with Crippen molar-refractivity contribution in [3.8, 4) is 17.0 Å². The van der Waals surface area contributed by atoms with E-state index >= 15 is 0 Å². The normalized spacial score (nSPS) is 23.4. The summed E-state index contributed by atoms with van der Waals surface area (Å²) in [6.07, 6.45) is 5.07. The molecule has 1 saturated carbocycles. The zero-order valence-electron chi connectivity index (χ0n) is 24.7. The number of hydrogen-bond acceptors (Lipinski definition) is 7. The molecule has 2 aliphatic carbocycles. The van der Waals surface area contributed by atoms with Crippen molar-refractivity contribution < 1.29 is 29.0 Å². The summed E-state index contributed by atoms with van der Waals surface area (Å²) < 4.78 is 12.6. The maximum Gasteiger partial charge on any atom is 0.356 e. The van der Waals surface area contributed by atoms with Gasteiger partial charge < -0.3 is 25.2 Å². The van der Waals surface area contributed by atoms with E-state index in [1.165, 1.54) is 6.07 Å². The van der Waals surface area contributed by atoms with Gasteiger partial charge in [0.25, 0.3) is 5.91 Å². The number of likely N-dealkylation sites (N-methyl/N-ethyl adjacent to an activating group) is 1. The van der Waals surface area contributed by atoms with E-state index in [0.29, 0.717) is 58.1 Å². The van der Waals surface area contributed by atoms with Crippen molar-refractivity contribution in [3.63, 3.8) is 0 Å². The Morgan fingerprint density at radius 3 is 2.57 bits per heavy atom. The predicted octanol–water partition coefficient (Wildman–Crippen LogP) is 5.39. The number of carbonyl (C=O) groups is 3. The monoisotopic (exact) mass is 571 g/mol. The summed E-state index contributed by atoms with van der Waals surface area (Å²) in [5, 5.41) is 9.65. The second kappa shape index (κ2) is 10.00. The maximum absolute atomic E-state index is 14.1. The number of ketones is 1. The van der Waals surface area contributed by atoms with Crippen LogP contribution in [0.5, 0.6) is 5.75 Å². The van der Waals surface area contributed by atoms with Gasteiger partial charge in [0.15, 0.2) is 11.5 Å². The Hall–Kier alpha value is -4.14. The number of nitrogens with zero attached hydrogens (tertiary/aromatic N) is 2. The summed E-state index contributed by atoms with van der Waals surface area (Å²) in [5.74, 6) is -0.0470. The molecule has 3 heterocycles. The molecule has 1 amide bonds. The number of anilines is 1. The molecule has 4 aliphatic rings. The lowest BCUT2D eigenvalue weighted by atomic mass is 9.58. The third-order valence-electron chi connectivity index (χ3n) is 9.97. The van der Waals surface area contributed by atoms with Crippen molar-refractivity contribution in [2.45, 2.75) is 71.3 Å². The minimum atomic E-state index is -1.22. The summed E-state index contributed by atoms with van der Waals surface area (Å²) >= 11 is 0. The number of methoxy groups -OCH3 is 1. The van der Waals surface area contributed by atoms with E-state index in [-0.39, 0.29) is 40.4 Å². The number of aromatic nitrogens is 1. The van der Waals surface area contributed by atoms with Crippen LogP contribution < -0.4 is 10.5 Å². The summed E-state index contributed by atoms with van der Waals surface area (Å²) in [4.78, 5) is 46.1. The van der Waals surface area contributed by atoms with Crippen molar-refractivity contribution in [2.75, 3.05) is 19.9 Å². The van der Waals surface area contributed by atoms with E-state index < -0.39 is 11.9 Å². The lowest BCUT2D eigenvalue weighted by Gasteiger charge is -2.47. The molecule has 0 saturated heterocycles. The number of ether oxygens (including phenoxy) is 2. The number of carboxylic acid groups (broad SMARTS) is 1. The van der Waals surface area contributed by atoms with Crippen LogP contribution in [0.3, 0.4) is 0 Å². The molecule has 1 unspecified atom stereocenters. The molecule has 220 valence electrons. The van der Waals surface area contributed by atoms with Crippen LogP contribution in [0, 0.1) is 18.3 Å². The van der Waals surface area contributed by atoms with Crippen LogP contribution in [-0.2, 0) is 14.3 Å². The molecule has 3 atom stereocenters. The number of pyridine rings is 1. The molecule has 42 heavy (non-hydrogen) atoms. The zero-order chi connectivity index (χ0) is 30.1. The van der Waals surface area contributed by atoms with Gasteiger partial charge in [-0.15, -0.1) is 0 Å². The second-order valence-electron chi connectivity index (χ2n) is 12.3. The fourth-order valence-electron chi connectivity index (χ4n) is 7.41. The molecule has 6 rings (SSSR count). The number of hydrogen-bond donors (Lipinski definition) is 2. The molecule has 3 N–H and O–H groups in total. The Labute approximate surface area is 245 Å². The minimum Gasteiger partial charge on any atom is -0.496 e. The van der Waals surface area contributed by atoms with Gasteiger partial charge in [0.05, 0.1) is 36.0 Å². The van der Waals surface area contributed by atoms with Gasteiger partial charge in [-0.05, 0) is 60.9 Å². The van der Waals surface area contributed by atoms with Crippen molar-refractivity contribution in [3.05, 3.63) is 63.8 Å². The van der Waals surface area contributed by atoms with Crippen molar-refractivity contribution in [1.82, 2.24) is 9.88 Å². The summed E-state index contributed by atoms with van der Waals surface area (Å²) in [6, 6.07) is 6.58. The summed E-state index contributed by atoms with van der Waals surface area (Å²) in [6.45, 7) is 6.12. The van der Waals surface area contributed by atoms with Crippen LogP contribution in [0.25, 0.3) is 11.3 Å². The van der Waals surface area contributed by atoms with Gasteiger partial charge in [-0.3, -0.25) is 9.59 Å². The van der Waals surface area contributed by atoms with E-state index in [4.69, 9.17) is 15.2 Å². The molecule has 2 aromatic rings. The number of carbonyl (C=O) groups excluding carboxylic acids is 2. The van der Waals surface area contributed by atoms with Gasteiger partial charge in [-0.2, -0.15) is 0 Å².